The Morgan fingerprint density at radius 2 is 1.62 bits per heavy atom. The summed E-state index contributed by atoms with van der Waals surface area (Å²) in [4.78, 5) is 26.9. The molecule has 0 aliphatic rings. The van der Waals surface area contributed by atoms with Crippen molar-refractivity contribution in [2.24, 2.45) is 0 Å². The van der Waals surface area contributed by atoms with Crippen LogP contribution in [0, 0.1) is 20.8 Å². The van der Waals surface area contributed by atoms with E-state index in [0.29, 0.717) is 6.54 Å². The van der Waals surface area contributed by atoms with Gasteiger partial charge in [0.05, 0.1) is 19.1 Å². The molecule has 29 heavy (non-hydrogen) atoms. The van der Waals surface area contributed by atoms with Crippen LogP contribution >= 0.6 is 0 Å². The number of carbonyl (C=O) groups excluding carboxylic acids is 2. The van der Waals surface area contributed by atoms with Crippen LogP contribution < -0.4 is 10.6 Å². The average Bonchev–Trinajstić information content (AvgIpc) is 2.65. The van der Waals surface area contributed by atoms with E-state index < -0.39 is 0 Å². The first-order valence-corrected chi connectivity index (χ1v) is 10.2. The molecule has 2 aromatic carbocycles. The molecular weight excluding hydrogens is 362 g/mol. The van der Waals surface area contributed by atoms with E-state index in [2.05, 4.69) is 36.6 Å². The van der Waals surface area contributed by atoms with Crippen LogP contribution in [0.15, 0.2) is 42.5 Å². The summed E-state index contributed by atoms with van der Waals surface area (Å²) in [7, 11) is 0. The highest BCUT2D eigenvalue weighted by atomic mass is 16.2. The van der Waals surface area contributed by atoms with Crippen LogP contribution in [0.2, 0.25) is 0 Å². The SMILES string of the molecule is CCCN(CC(=O)Nc1ccccc1C)CC(=O)N[C@@H](C)c1ccc(C)c(C)c1. The molecule has 0 heterocycles. The van der Waals surface area contributed by atoms with Gasteiger partial charge in [0.25, 0.3) is 0 Å². The first kappa shape index (κ1) is 22.6. The Morgan fingerprint density at radius 1 is 0.931 bits per heavy atom. The Hall–Kier alpha value is -2.66. The van der Waals surface area contributed by atoms with Gasteiger partial charge in [-0.2, -0.15) is 0 Å². The molecule has 0 saturated heterocycles. The molecule has 0 radical (unpaired) electrons. The maximum absolute atomic E-state index is 12.6. The molecule has 2 rings (SSSR count). The second kappa shape index (κ2) is 10.8. The summed E-state index contributed by atoms with van der Waals surface area (Å²) >= 11 is 0. The van der Waals surface area contributed by atoms with E-state index in [4.69, 9.17) is 0 Å². The van der Waals surface area contributed by atoms with Gasteiger partial charge >= 0.3 is 0 Å². The molecule has 0 saturated carbocycles. The van der Waals surface area contributed by atoms with Gasteiger partial charge in [0.1, 0.15) is 0 Å². The van der Waals surface area contributed by atoms with E-state index in [0.717, 1.165) is 23.2 Å². The van der Waals surface area contributed by atoms with Crippen molar-refractivity contribution in [3.05, 3.63) is 64.7 Å². The number of hydrogen-bond acceptors (Lipinski definition) is 3. The highest BCUT2D eigenvalue weighted by molar-refractivity contribution is 5.93. The zero-order chi connectivity index (χ0) is 21.4. The molecule has 2 amide bonds. The average molecular weight is 396 g/mol. The fourth-order valence-electron chi connectivity index (χ4n) is 3.24. The summed E-state index contributed by atoms with van der Waals surface area (Å²) < 4.78 is 0. The van der Waals surface area contributed by atoms with Crippen LogP contribution in [-0.4, -0.2) is 36.3 Å². The molecule has 0 fully saturated rings. The summed E-state index contributed by atoms with van der Waals surface area (Å²) in [5.74, 6) is -0.185. The van der Waals surface area contributed by atoms with Crippen LogP contribution in [0.5, 0.6) is 0 Å². The Bertz CT molecular complexity index is 848. The summed E-state index contributed by atoms with van der Waals surface area (Å²) in [5, 5.41) is 5.99. The lowest BCUT2D eigenvalue weighted by atomic mass is 10.0. The number of benzene rings is 2. The van der Waals surface area contributed by atoms with E-state index in [9.17, 15) is 9.59 Å². The van der Waals surface area contributed by atoms with Crippen LogP contribution in [0.3, 0.4) is 0 Å². The number of hydrogen-bond donors (Lipinski definition) is 2. The Morgan fingerprint density at radius 3 is 2.28 bits per heavy atom. The maximum Gasteiger partial charge on any atom is 0.238 e. The summed E-state index contributed by atoms with van der Waals surface area (Å²) in [6.07, 6.45) is 0.873. The number of rotatable bonds is 9. The third-order valence-corrected chi connectivity index (χ3v) is 5.10. The third kappa shape index (κ3) is 7.02. The van der Waals surface area contributed by atoms with E-state index in [1.165, 1.54) is 11.1 Å². The minimum atomic E-state index is -0.109. The van der Waals surface area contributed by atoms with E-state index >= 15 is 0 Å². The molecule has 2 N–H and O–H groups in total. The molecule has 0 aromatic heterocycles. The van der Waals surface area contributed by atoms with Crippen molar-refractivity contribution in [3.63, 3.8) is 0 Å². The predicted molar refractivity (Wildman–Crippen MR) is 119 cm³/mol. The Labute approximate surface area is 174 Å². The van der Waals surface area contributed by atoms with E-state index in [1.807, 2.05) is 56.0 Å². The fourth-order valence-corrected chi connectivity index (χ4v) is 3.24. The number of nitrogens with zero attached hydrogens (tertiary/aromatic N) is 1. The van der Waals surface area contributed by atoms with Gasteiger partial charge in [-0.25, -0.2) is 0 Å². The molecule has 156 valence electrons. The lowest BCUT2D eigenvalue weighted by molar-refractivity contribution is -0.124. The van der Waals surface area contributed by atoms with Crippen molar-refractivity contribution in [3.8, 4) is 0 Å². The molecule has 0 aliphatic carbocycles. The molecule has 0 spiro atoms. The molecule has 0 bridgehead atoms. The van der Waals surface area contributed by atoms with Gasteiger partial charge in [0, 0.05) is 5.69 Å². The van der Waals surface area contributed by atoms with Crippen molar-refractivity contribution >= 4 is 17.5 Å². The molecule has 0 aliphatic heterocycles. The van der Waals surface area contributed by atoms with Crippen molar-refractivity contribution in [1.82, 2.24) is 10.2 Å². The van der Waals surface area contributed by atoms with Crippen LogP contribution in [0.4, 0.5) is 5.69 Å². The summed E-state index contributed by atoms with van der Waals surface area (Å²) in [5.41, 5.74) is 5.36. The number of para-hydroxylation sites is 1. The van der Waals surface area contributed by atoms with Gasteiger partial charge in [-0.05, 0) is 69.0 Å². The van der Waals surface area contributed by atoms with Crippen molar-refractivity contribution in [1.29, 1.82) is 0 Å². The number of nitrogens with one attached hydrogen (secondary N) is 2. The number of anilines is 1. The highest BCUT2D eigenvalue weighted by Gasteiger charge is 2.17. The minimum Gasteiger partial charge on any atom is -0.348 e. The number of aryl methyl sites for hydroxylation is 3. The third-order valence-electron chi connectivity index (χ3n) is 5.10. The minimum absolute atomic E-state index is 0.0760. The topological polar surface area (TPSA) is 61.4 Å². The van der Waals surface area contributed by atoms with E-state index in [1.54, 1.807) is 0 Å². The summed E-state index contributed by atoms with van der Waals surface area (Å²) in [6.45, 7) is 11.2. The molecule has 1 atom stereocenters. The van der Waals surface area contributed by atoms with E-state index in [-0.39, 0.29) is 30.9 Å². The van der Waals surface area contributed by atoms with Gasteiger partial charge in [-0.15, -0.1) is 0 Å². The first-order valence-electron chi connectivity index (χ1n) is 10.2. The van der Waals surface area contributed by atoms with Gasteiger partial charge < -0.3 is 10.6 Å². The maximum atomic E-state index is 12.6. The Kier molecular flexibility index (Phi) is 8.40. The number of amides is 2. The van der Waals surface area contributed by atoms with Crippen molar-refractivity contribution in [2.45, 2.75) is 47.1 Å². The molecule has 5 heteroatoms. The predicted octanol–water partition coefficient (Wildman–Crippen LogP) is 4.14. The van der Waals surface area contributed by atoms with Crippen LogP contribution in [0.25, 0.3) is 0 Å². The quantitative estimate of drug-likeness (QED) is 0.671. The second-order valence-electron chi connectivity index (χ2n) is 7.71. The normalized spacial score (nSPS) is 11.9. The van der Waals surface area contributed by atoms with Crippen LogP contribution in [-0.2, 0) is 9.59 Å². The fraction of sp³-hybridized carbons (Fsp3) is 0.417. The number of carbonyl (C=O) groups is 2. The zero-order valence-corrected chi connectivity index (χ0v) is 18.2. The Balaban J connectivity index is 1.92. The smallest absolute Gasteiger partial charge is 0.238 e. The molecule has 0 unspecified atom stereocenters. The second-order valence-corrected chi connectivity index (χ2v) is 7.71. The summed E-state index contributed by atoms with van der Waals surface area (Å²) in [6, 6.07) is 13.8. The zero-order valence-electron chi connectivity index (χ0n) is 18.2. The monoisotopic (exact) mass is 395 g/mol. The van der Waals surface area contributed by atoms with Gasteiger partial charge in [-0.3, -0.25) is 14.5 Å². The lowest BCUT2D eigenvalue weighted by Crippen LogP contribution is -2.42. The standard InChI is InChI=1S/C24H33N3O2/c1-6-13-27(16-24(29)26-22-10-8-7-9-18(22)3)15-23(28)25-20(5)21-12-11-17(2)19(4)14-21/h7-12,14,20H,6,13,15-16H2,1-5H3,(H,25,28)(H,26,29)/t20-/m0/s1. The molecular formula is C24H33N3O2. The largest absolute Gasteiger partial charge is 0.348 e. The lowest BCUT2D eigenvalue weighted by Gasteiger charge is -2.22. The van der Waals surface area contributed by atoms with Gasteiger partial charge in [-0.1, -0.05) is 43.3 Å². The van der Waals surface area contributed by atoms with Crippen molar-refractivity contribution in [2.75, 3.05) is 25.0 Å². The van der Waals surface area contributed by atoms with Crippen LogP contribution in [0.1, 0.15) is 48.6 Å². The first-order chi connectivity index (χ1) is 13.8. The molecule has 2 aromatic rings. The highest BCUT2D eigenvalue weighted by Crippen LogP contribution is 2.17. The molecule has 5 nitrogen and oxygen atoms in total. The van der Waals surface area contributed by atoms with Gasteiger partial charge in [0.15, 0.2) is 0 Å². The van der Waals surface area contributed by atoms with Crippen molar-refractivity contribution < 1.29 is 9.59 Å². The van der Waals surface area contributed by atoms with Gasteiger partial charge in [0.2, 0.25) is 11.8 Å².